The average molecular weight is 1070 g/mol. The van der Waals surface area contributed by atoms with Crippen molar-refractivity contribution in [3.8, 4) is 5.75 Å². The van der Waals surface area contributed by atoms with Crippen LogP contribution < -0.4 is 27.4 Å². The molecular formula is C60H90N6O11. The number of nitrogens with one attached hydrogen (secondary N) is 3. The summed E-state index contributed by atoms with van der Waals surface area (Å²) in [5, 5.41) is 50.3. The van der Waals surface area contributed by atoms with Gasteiger partial charge in [0.2, 0.25) is 23.6 Å². The second kappa shape index (κ2) is 33.1. The van der Waals surface area contributed by atoms with E-state index in [1.807, 2.05) is 44.2 Å². The molecule has 0 aliphatic carbocycles. The molecule has 0 aromatic heterocycles. The van der Waals surface area contributed by atoms with Crippen molar-refractivity contribution in [1.82, 2.24) is 20.9 Å². The molecule has 0 saturated carbocycles. The minimum absolute atomic E-state index is 0.0539. The van der Waals surface area contributed by atoms with Gasteiger partial charge in [0, 0.05) is 32.5 Å². The number of amides is 5. The number of phenols is 1. The van der Waals surface area contributed by atoms with E-state index < -0.39 is 84.4 Å². The summed E-state index contributed by atoms with van der Waals surface area (Å²) in [6.45, 7) is 6.37. The van der Waals surface area contributed by atoms with Crippen LogP contribution in [0.15, 0.2) is 66.7 Å². The summed E-state index contributed by atoms with van der Waals surface area (Å²) >= 11 is 0. The summed E-state index contributed by atoms with van der Waals surface area (Å²) in [4.78, 5) is 70.4. The summed E-state index contributed by atoms with van der Waals surface area (Å²) in [5.41, 5.74) is 17.3. The van der Waals surface area contributed by atoms with E-state index in [2.05, 4.69) is 22.9 Å². The summed E-state index contributed by atoms with van der Waals surface area (Å²) in [6.07, 6.45) is 13.0. The van der Waals surface area contributed by atoms with Crippen molar-refractivity contribution in [2.45, 2.75) is 223 Å². The first kappa shape index (κ1) is 62.4. The molecule has 9 atom stereocenters. The maximum Gasteiger partial charge on any atom is 0.252 e. The van der Waals surface area contributed by atoms with Gasteiger partial charge < -0.3 is 62.2 Å². The number of carbonyl (C=O) groups excluding carboxylic acids is 5. The fraction of sp³-hybridized carbons (Fsp3) is 0.617. The van der Waals surface area contributed by atoms with Crippen molar-refractivity contribution in [2.24, 2.45) is 11.5 Å². The lowest BCUT2D eigenvalue weighted by atomic mass is 9.91. The fourth-order valence-electron chi connectivity index (χ4n) is 10.5. The molecule has 3 aromatic rings. The van der Waals surface area contributed by atoms with Crippen LogP contribution in [-0.4, -0.2) is 123 Å². The Morgan fingerprint density at radius 1 is 0.688 bits per heavy atom. The number of carbonyl (C=O) groups is 5. The van der Waals surface area contributed by atoms with E-state index in [-0.39, 0.29) is 51.1 Å². The Hall–Kier alpha value is -5.43. The number of nitrogens with two attached hydrogens (primary N) is 2. The molecule has 0 spiro atoms. The minimum atomic E-state index is -1.71. The number of benzene rings is 3. The Morgan fingerprint density at radius 3 is 1.86 bits per heavy atom. The summed E-state index contributed by atoms with van der Waals surface area (Å²) < 4.78 is 11.4. The van der Waals surface area contributed by atoms with Gasteiger partial charge in [-0.05, 0) is 91.5 Å². The molecule has 2 aliphatic heterocycles. The van der Waals surface area contributed by atoms with Gasteiger partial charge in [-0.15, -0.1) is 0 Å². The summed E-state index contributed by atoms with van der Waals surface area (Å²) in [6, 6.07) is 15.4. The normalized spacial score (nSPS) is 20.4. The molecule has 426 valence electrons. The van der Waals surface area contributed by atoms with Gasteiger partial charge in [0.25, 0.3) is 5.91 Å². The van der Waals surface area contributed by atoms with Gasteiger partial charge in [0.15, 0.2) is 12.4 Å². The topological polar surface area (TPSA) is 276 Å². The quantitative estimate of drug-likeness (QED) is 0.0316. The van der Waals surface area contributed by atoms with Gasteiger partial charge in [-0.1, -0.05) is 158 Å². The predicted molar refractivity (Wildman–Crippen MR) is 296 cm³/mol. The van der Waals surface area contributed by atoms with Crippen LogP contribution in [0, 0.1) is 13.8 Å². The molecule has 0 bridgehead atoms. The van der Waals surface area contributed by atoms with Crippen molar-refractivity contribution in [3.63, 3.8) is 0 Å². The van der Waals surface area contributed by atoms with Gasteiger partial charge in [-0.3, -0.25) is 24.0 Å². The van der Waals surface area contributed by atoms with Gasteiger partial charge in [0.1, 0.15) is 42.2 Å². The van der Waals surface area contributed by atoms with E-state index in [0.717, 1.165) is 52.6 Å². The van der Waals surface area contributed by atoms with Crippen molar-refractivity contribution >= 4 is 29.5 Å². The second-order valence-corrected chi connectivity index (χ2v) is 21.4. The maximum absolute atomic E-state index is 14.5. The standard InChI is InChI=1S/C60H90N6O11/c1-4-5-6-7-8-9-10-11-12-13-14-15-16-17-18-26-33-76-60-53(70)51(68)52(69)54(77-60)58(74)63-32-25-24-31-48(55(62)71)64-56(72)49(36-42-27-20-19-21-28-42)65-57(73)50-37-43-29-22-23-30-44(43)39-66(50)59(75)47(61)38-46-40(2)34-45(67)35-41(46)3/h19-23,27-30,34-35,47-54,60,67-70H,4-18,24-26,31-33,36-39,61H2,1-3H3,(H2,62,71)(H,63,74)(H,64,72)(H,65,73)/t47-,48-,49-,50-,51-,52-,53+,54-,60+/m0/s1. The third-order valence-corrected chi connectivity index (χ3v) is 15.2. The Kier molecular flexibility index (Phi) is 26.8. The minimum Gasteiger partial charge on any atom is -0.508 e. The fourth-order valence-corrected chi connectivity index (χ4v) is 10.5. The lowest BCUT2D eigenvalue weighted by Crippen LogP contribution is -2.62. The van der Waals surface area contributed by atoms with Crippen molar-refractivity contribution in [2.75, 3.05) is 13.2 Å². The first-order chi connectivity index (χ1) is 37.1. The number of ether oxygens (including phenoxy) is 2. The lowest BCUT2D eigenvalue weighted by Gasteiger charge is -2.39. The Morgan fingerprint density at radius 2 is 1.26 bits per heavy atom. The zero-order chi connectivity index (χ0) is 55.7. The maximum atomic E-state index is 14.5. The number of aliphatic hydroxyl groups is 3. The molecule has 17 nitrogen and oxygen atoms in total. The molecule has 5 rings (SSSR count). The zero-order valence-electron chi connectivity index (χ0n) is 46.0. The Balaban J connectivity index is 1.08. The molecule has 0 unspecified atom stereocenters. The average Bonchev–Trinajstić information content (AvgIpc) is 3.42. The van der Waals surface area contributed by atoms with Crippen LogP contribution in [0.25, 0.3) is 0 Å². The summed E-state index contributed by atoms with van der Waals surface area (Å²) in [7, 11) is 0. The Bertz CT molecular complexity index is 2280. The van der Waals surface area contributed by atoms with Crippen molar-refractivity contribution in [3.05, 3.63) is 100 Å². The molecule has 2 heterocycles. The number of hydrogen-bond acceptors (Lipinski definition) is 12. The molecule has 1 fully saturated rings. The van der Waals surface area contributed by atoms with Crippen LogP contribution in [0.3, 0.4) is 0 Å². The molecule has 5 amide bonds. The van der Waals surface area contributed by atoms with Crippen LogP contribution in [-0.2, 0) is 59.3 Å². The van der Waals surface area contributed by atoms with E-state index in [4.69, 9.17) is 20.9 Å². The molecule has 11 N–H and O–H groups in total. The first-order valence-electron chi connectivity index (χ1n) is 28.5. The van der Waals surface area contributed by atoms with Crippen LogP contribution in [0.1, 0.15) is 162 Å². The number of primary amides is 1. The highest BCUT2D eigenvalue weighted by Crippen LogP contribution is 2.28. The van der Waals surface area contributed by atoms with E-state index in [1.165, 1.54) is 81.9 Å². The smallest absolute Gasteiger partial charge is 0.252 e. The number of fused-ring (bicyclic) bond motifs is 1. The van der Waals surface area contributed by atoms with Gasteiger partial charge >= 0.3 is 0 Å². The van der Waals surface area contributed by atoms with Gasteiger partial charge in [-0.2, -0.15) is 0 Å². The number of nitrogens with zero attached hydrogens (tertiary/aromatic N) is 1. The van der Waals surface area contributed by atoms with E-state index in [0.29, 0.717) is 19.3 Å². The lowest BCUT2D eigenvalue weighted by molar-refractivity contribution is -0.290. The molecular weight excluding hydrogens is 981 g/mol. The SMILES string of the molecule is CCCCCCCCCCCCCCCCCCO[C@@H]1O[C@H](C(=O)NCCCC[C@H](NC(=O)[C@H](Cc2ccccc2)NC(=O)[C@@H]2Cc3ccccc3CN2C(=O)[C@@H](N)Cc2c(C)cc(O)cc2C)C(N)=O)[C@@H](O)[C@H](O)[C@H]1O. The third-order valence-electron chi connectivity index (χ3n) is 15.2. The summed E-state index contributed by atoms with van der Waals surface area (Å²) in [5.74, 6) is -3.12. The van der Waals surface area contributed by atoms with Crippen molar-refractivity contribution in [1.29, 1.82) is 0 Å². The zero-order valence-corrected chi connectivity index (χ0v) is 46.0. The molecule has 1 saturated heterocycles. The van der Waals surface area contributed by atoms with E-state index in [9.17, 15) is 44.4 Å². The number of rotatable bonds is 34. The number of phenolic OH excluding ortho intramolecular Hbond substituents is 1. The van der Waals surface area contributed by atoms with Crippen molar-refractivity contribution < 1.29 is 53.9 Å². The predicted octanol–water partition coefficient (Wildman–Crippen LogP) is 5.90. The number of aromatic hydroxyl groups is 1. The van der Waals surface area contributed by atoms with Crippen LogP contribution in [0.5, 0.6) is 5.75 Å². The van der Waals surface area contributed by atoms with E-state index in [1.54, 1.807) is 36.4 Å². The highest BCUT2D eigenvalue weighted by molar-refractivity contribution is 5.95. The van der Waals surface area contributed by atoms with Crippen LogP contribution >= 0.6 is 0 Å². The largest absolute Gasteiger partial charge is 0.508 e. The van der Waals surface area contributed by atoms with Crippen LogP contribution in [0.4, 0.5) is 0 Å². The number of hydrogen-bond donors (Lipinski definition) is 9. The van der Waals surface area contributed by atoms with Gasteiger partial charge in [0.05, 0.1) is 6.04 Å². The third kappa shape index (κ3) is 20.1. The van der Waals surface area contributed by atoms with Gasteiger partial charge in [-0.25, -0.2) is 0 Å². The molecule has 0 radical (unpaired) electrons. The van der Waals surface area contributed by atoms with E-state index >= 15 is 0 Å². The monoisotopic (exact) mass is 1070 g/mol. The van der Waals surface area contributed by atoms with Crippen LogP contribution in [0.2, 0.25) is 0 Å². The highest BCUT2D eigenvalue weighted by atomic mass is 16.7. The highest BCUT2D eigenvalue weighted by Gasteiger charge is 2.47. The first-order valence-corrected chi connectivity index (χ1v) is 28.5. The number of aryl methyl sites for hydroxylation is 2. The number of aliphatic hydroxyl groups excluding tert-OH is 3. The molecule has 2 aliphatic rings. The number of unbranched alkanes of at least 4 members (excludes halogenated alkanes) is 16. The Labute approximate surface area is 456 Å². The molecule has 77 heavy (non-hydrogen) atoms. The molecule has 3 aromatic carbocycles. The molecule has 17 heteroatoms. The second-order valence-electron chi connectivity index (χ2n) is 21.4.